The smallest absolute Gasteiger partial charge is 0.232 e. The fourth-order valence-corrected chi connectivity index (χ4v) is 3.06. The fraction of sp³-hybridized carbons (Fsp3) is 0.588. The summed E-state index contributed by atoms with van der Waals surface area (Å²) in [5, 5.41) is 0. The summed E-state index contributed by atoms with van der Waals surface area (Å²) in [6.07, 6.45) is -0.106. The van der Waals surface area contributed by atoms with Gasteiger partial charge in [-0.05, 0) is 33.3 Å². The number of halogens is 1. The molecule has 0 radical (unpaired) electrons. The zero-order valence-electron chi connectivity index (χ0n) is 13.2. The second kappa shape index (κ2) is 5.98. The largest absolute Gasteiger partial charge is 0.367 e. The monoisotopic (exact) mass is 309 g/mol. The Bertz CT molecular complexity index is 499. The maximum atomic E-state index is 13.0. The van der Waals surface area contributed by atoms with Gasteiger partial charge in [-0.1, -0.05) is 30.3 Å². The molecule has 116 valence electrons. The maximum absolute atomic E-state index is 13.0. The van der Waals surface area contributed by atoms with E-state index < -0.39 is 5.41 Å². The van der Waals surface area contributed by atoms with Gasteiger partial charge in [-0.15, -0.1) is 11.6 Å². The third kappa shape index (κ3) is 3.58. The molecule has 1 fully saturated rings. The van der Waals surface area contributed by atoms with Gasteiger partial charge in [0, 0.05) is 13.1 Å². The highest BCUT2D eigenvalue weighted by molar-refractivity contribution is 6.18. The van der Waals surface area contributed by atoms with E-state index in [1.54, 1.807) is 0 Å². The van der Waals surface area contributed by atoms with E-state index in [2.05, 4.69) is 0 Å². The van der Waals surface area contributed by atoms with E-state index in [4.69, 9.17) is 16.3 Å². The lowest BCUT2D eigenvalue weighted by Crippen LogP contribution is -2.58. The van der Waals surface area contributed by atoms with Crippen LogP contribution in [0.25, 0.3) is 0 Å². The van der Waals surface area contributed by atoms with Crippen molar-refractivity contribution in [3.05, 3.63) is 35.9 Å². The molecule has 1 aromatic rings. The molecule has 1 aliphatic heterocycles. The Hall–Kier alpha value is -1.06. The molecule has 2 rings (SSSR count). The number of nitrogens with zero attached hydrogens (tertiary/aromatic N) is 1. The number of hydrogen-bond donors (Lipinski definition) is 0. The summed E-state index contributed by atoms with van der Waals surface area (Å²) in [7, 11) is 0. The predicted octanol–water partition coefficient (Wildman–Crippen LogP) is 3.21. The van der Waals surface area contributed by atoms with Gasteiger partial charge in [0.1, 0.15) is 0 Å². The van der Waals surface area contributed by atoms with Crippen molar-refractivity contribution in [2.24, 2.45) is 0 Å². The molecule has 1 unspecified atom stereocenters. The van der Waals surface area contributed by atoms with Gasteiger partial charge >= 0.3 is 0 Å². The molecule has 21 heavy (non-hydrogen) atoms. The molecule has 0 spiro atoms. The van der Waals surface area contributed by atoms with E-state index in [1.807, 2.05) is 62.9 Å². The molecule has 1 saturated heterocycles. The third-order valence-electron chi connectivity index (χ3n) is 3.97. The average Bonchev–Trinajstić information content (AvgIpc) is 2.45. The summed E-state index contributed by atoms with van der Waals surface area (Å²) < 4.78 is 5.90. The number of rotatable bonds is 3. The number of benzene rings is 1. The normalized spacial score (nSPS) is 22.1. The van der Waals surface area contributed by atoms with Gasteiger partial charge in [-0.2, -0.15) is 0 Å². The Morgan fingerprint density at radius 3 is 2.57 bits per heavy atom. The van der Waals surface area contributed by atoms with E-state index in [9.17, 15) is 4.79 Å². The van der Waals surface area contributed by atoms with Crippen molar-refractivity contribution in [3.63, 3.8) is 0 Å². The quantitative estimate of drug-likeness (QED) is 0.802. The molecule has 3 nitrogen and oxygen atoms in total. The molecule has 1 aliphatic rings. The highest BCUT2D eigenvalue weighted by atomic mass is 35.5. The van der Waals surface area contributed by atoms with Gasteiger partial charge in [0.05, 0.1) is 23.0 Å². The van der Waals surface area contributed by atoms with Crippen molar-refractivity contribution >= 4 is 17.5 Å². The van der Waals surface area contributed by atoms with Crippen LogP contribution in [-0.2, 0) is 14.9 Å². The van der Waals surface area contributed by atoms with Crippen LogP contribution in [0.3, 0.4) is 0 Å². The van der Waals surface area contributed by atoms with Crippen molar-refractivity contribution in [2.75, 3.05) is 19.0 Å². The molecule has 0 aliphatic carbocycles. The Balaban J connectivity index is 2.22. The Kier molecular flexibility index (Phi) is 4.64. The number of carbonyl (C=O) groups excluding carboxylic acids is 1. The van der Waals surface area contributed by atoms with Crippen LogP contribution in [0.4, 0.5) is 0 Å². The Morgan fingerprint density at radius 1 is 1.38 bits per heavy atom. The van der Waals surface area contributed by atoms with Gasteiger partial charge in [0.15, 0.2) is 0 Å². The fourth-order valence-electron chi connectivity index (χ4n) is 2.90. The maximum Gasteiger partial charge on any atom is 0.232 e. The number of alkyl halides is 1. The van der Waals surface area contributed by atoms with Crippen molar-refractivity contribution in [1.29, 1.82) is 0 Å². The minimum atomic E-state index is -0.550. The summed E-state index contributed by atoms with van der Waals surface area (Å²) >= 11 is 5.95. The molecule has 0 saturated carbocycles. The molecule has 0 bridgehead atoms. The van der Waals surface area contributed by atoms with Gasteiger partial charge in [-0.3, -0.25) is 4.79 Å². The van der Waals surface area contributed by atoms with Gasteiger partial charge in [0.2, 0.25) is 5.91 Å². The van der Waals surface area contributed by atoms with Crippen LogP contribution in [-0.4, -0.2) is 41.5 Å². The number of carbonyl (C=O) groups is 1. The van der Waals surface area contributed by atoms with E-state index >= 15 is 0 Å². The van der Waals surface area contributed by atoms with Gasteiger partial charge in [-0.25, -0.2) is 0 Å². The molecule has 4 heteroatoms. The third-order valence-corrected chi connectivity index (χ3v) is 4.32. The van der Waals surface area contributed by atoms with Gasteiger partial charge < -0.3 is 9.64 Å². The summed E-state index contributed by atoms with van der Waals surface area (Å²) in [4.78, 5) is 14.9. The second-order valence-corrected chi connectivity index (χ2v) is 7.14. The molecule has 0 N–H and O–H groups in total. The minimum Gasteiger partial charge on any atom is -0.367 e. The number of amides is 1. The Morgan fingerprint density at radius 2 is 2.00 bits per heavy atom. The second-order valence-electron chi connectivity index (χ2n) is 6.83. The SMILES string of the molecule is CC1(C)CN(C(=O)C(C)(C)c2ccccc2)CC(CCl)O1. The molecule has 1 heterocycles. The van der Waals surface area contributed by atoms with Crippen LogP contribution in [0.2, 0.25) is 0 Å². The van der Waals surface area contributed by atoms with E-state index in [-0.39, 0.29) is 17.6 Å². The standard InChI is InChI=1S/C17H24ClNO2/c1-16(2)12-19(11-14(10-18)21-16)15(20)17(3,4)13-8-6-5-7-9-13/h5-9,14H,10-12H2,1-4H3. The van der Waals surface area contributed by atoms with Crippen LogP contribution in [0, 0.1) is 0 Å². The molecule has 1 amide bonds. The summed E-state index contributed by atoms with van der Waals surface area (Å²) in [5.41, 5.74) is 0.118. The molecule has 0 aromatic heterocycles. The average molecular weight is 310 g/mol. The van der Waals surface area contributed by atoms with E-state index in [1.165, 1.54) is 0 Å². The first-order chi connectivity index (χ1) is 9.76. The zero-order chi connectivity index (χ0) is 15.7. The van der Waals surface area contributed by atoms with Crippen LogP contribution in [0.15, 0.2) is 30.3 Å². The lowest BCUT2D eigenvalue weighted by atomic mass is 9.82. The topological polar surface area (TPSA) is 29.5 Å². The zero-order valence-corrected chi connectivity index (χ0v) is 14.0. The van der Waals surface area contributed by atoms with Crippen LogP contribution >= 0.6 is 11.6 Å². The molecular formula is C17H24ClNO2. The first-order valence-electron chi connectivity index (χ1n) is 7.35. The minimum absolute atomic E-state index is 0.106. The van der Waals surface area contributed by atoms with Crippen molar-refractivity contribution in [1.82, 2.24) is 4.90 Å². The first-order valence-corrected chi connectivity index (χ1v) is 7.88. The highest BCUT2D eigenvalue weighted by Gasteiger charge is 2.40. The summed E-state index contributed by atoms with van der Waals surface area (Å²) in [6.45, 7) is 9.10. The van der Waals surface area contributed by atoms with E-state index in [0.29, 0.717) is 19.0 Å². The lowest BCUT2D eigenvalue weighted by molar-refractivity contribution is -0.161. The van der Waals surface area contributed by atoms with E-state index in [0.717, 1.165) is 5.56 Å². The van der Waals surface area contributed by atoms with Crippen molar-refractivity contribution in [2.45, 2.75) is 44.8 Å². The summed E-state index contributed by atoms with van der Waals surface area (Å²) in [5.74, 6) is 0.527. The van der Waals surface area contributed by atoms with Gasteiger partial charge in [0.25, 0.3) is 0 Å². The number of hydrogen-bond acceptors (Lipinski definition) is 2. The van der Waals surface area contributed by atoms with Crippen molar-refractivity contribution in [3.8, 4) is 0 Å². The van der Waals surface area contributed by atoms with Crippen LogP contribution in [0.5, 0.6) is 0 Å². The molecule has 1 atom stereocenters. The molecule has 1 aromatic carbocycles. The lowest BCUT2D eigenvalue weighted by Gasteiger charge is -2.44. The predicted molar refractivity (Wildman–Crippen MR) is 85.7 cm³/mol. The first kappa shape index (κ1) is 16.3. The molecular weight excluding hydrogens is 286 g/mol. The van der Waals surface area contributed by atoms with Crippen LogP contribution < -0.4 is 0 Å². The Labute approximate surface area is 132 Å². The highest BCUT2D eigenvalue weighted by Crippen LogP contribution is 2.29. The van der Waals surface area contributed by atoms with Crippen LogP contribution in [0.1, 0.15) is 33.3 Å². The van der Waals surface area contributed by atoms with Crippen molar-refractivity contribution < 1.29 is 9.53 Å². The number of ether oxygens (including phenoxy) is 1. The number of morpholine rings is 1. The summed E-state index contributed by atoms with van der Waals surface area (Å²) in [6, 6.07) is 9.90.